The standard InChI is InChI=1S/C17H17ClN4O2/c1-3-22-9-14(16(23)13-6-12(18)4-5-15(13)22)17(24)21-10(2)11-7-19-20-8-11/h4-10H,3H2,1-2H3,(H,19,20)(H,21,24). The zero-order valence-electron chi connectivity index (χ0n) is 13.3. The number of nitrogens with one attached hydrogen (secondary N) is 2. The van der Waals surface area contributed by atoms with E-state index in [2.05, 4.69) is 15.5 Å². The minimum absolute atomic E-state index is 0.0990. The molecule has 0 aliphatic carbocycles. The van der Waals surface area contributed by atoms with Crippen molar-refractivity contribution < 1.29 is 4.79 Å². The molecule has 0 radical (unpaired) electrons. The first-order valence-electron chi connectivity index (χ1n) is 7.63. The fraction of sp³-hybridized carbons (Fsp3) is 0.235. The van der Waals surface area contributed by atoms with Crippen molar-refractivity contribution in [2.45, 2.75) is 26.4 Å². The second-order valence-corrected chi connectivity index (χ2v) is 5.98. The monoisotopic (exact) mass is 344 g/mol. The largest absolute Gasteiger partial charge is 0.347 e. The van der Waals surface area contributed by atoms with Crippen LogP contribution < -0.4 is 10.7 Å². The van der Waals surface area contributed by atoms with Gasteiger partial charge in [-0.15, -0.1) is 0 Å². The zero-order chi connectivity index (χ0) is 17.3. The topological polar surface area (TPSA) is 79.8 Å². The van der Waals surface area contributed by atoms with Crippen LogP contribution in [0.25, 0.3) is 10.9 Å². The van der Waals surface area contributed by atoms with Crippen LogP contribution in [0.1, 0.15) is 35.8 Å². The molecule has 0 fully saturated rings. The molecule has 0 aliphatic rings. The number of pyridine rings is 1. The first-order chi connectivity index (χ1) is 11.5. The van der Waals surface area contributed by atoms with E-state index < -0.39 is 5.91 Å². The summed E-state index contributed by atoms with van der Waals surface area (Å²) in [6, 6.07) is 4.86. The SMILES string of the molecule is CCn1cc(C(=O)NC(C)c2cn[nH]c2)c(=O)c2cc(Cl)ccc21. The van der Waals surface area contributed by atoms with Crippen molar-refractivity contribution >= 4 is 28.4 Å². The normalized spacial score (nSPS) is 12.3. The molecule has 0 bridgehead atoms. The number of aromatic amines is 1. The zero-order valence-corrected chi connectivity index (χ0v) is 14.1. The molecule has 7 heteroatoms. The van der Waals surface area contributed by atoms with Gasteiger partial charge in [-0.2, -0.15) is 5.10 Å². The number of fused-ring (bicyclic) bond motifs is 1. The van der Waals surface area contributed by atoms with Gasteiger partial charge < -0.3 is 9.88 Å². The number of carbonyl (C=O) groups excluding carboxylic acids is 1. The van der Waals surface area contributed by atoms with Crippen LogP contribution in [-0.2, 0) is 6.54 Å². The van der Waals surface area contributed by atoms with E-state index in [9.17, 15) is 9.59 Å². The molecule has 0 spiro atoms. The van der Waals surface area contributed by atoms with E-state index in [1.807, 2.05) is 18.4 Å². The summed E-state index contributed by atoms with van der Waals surface area (Å²) >= 11 is 6.01. The third-order valence-corrected chi connectivity index (χ3v) is 4.23. The Balaban J connectivity index is 2.04. The number of hydrogen-bond donors (Lipinski definition) is 2. The number of amides is 1. The predicted octanol–water partition coefficient (Wildman–Crippen LogP) is 2.89. The summed E-state index contributed by atoms with van der Waals surface area (Å²) in [4.78, 5) is 25.3. The average Bonchev–Trinajstić information content (AvgIpc) is 3.10. The van der Waals surface area contributed by atoms with Crippen LogP contribution in [0.4, 0.5) is 0 Å². The van der Waals surface area contributed by atoms with Gasteiger partial charge in [0.1, 0.15) is 5.56 Å². The fourth-order valence-corrected chi connectivity index (χ4v) is 2.82. The molecule has 0 saturated heterocycles. The highest BCUT2D eigenvalue weighted by Gasteiger charge is 2.18. The van der Waals surface area contributed by atoms with Crippen LogP contribution in [-0.4, -0.2) is 20.7 Å². The second-order valence-electron chi connectivity index (χ2n) is 5.55. The Labute approximate surface area is 143 Å². The van der Waals surface area contributed by atoms with Crippen molar-refractivity contribution in [3.63, 3.8) is 0 Å². The van der Waals surface area contributed by atoms with Gasteiger partial charge in [-0.3, -0.25) is 14.7 Å². The predicted molar refractivity (Wildman–Crippen MR) is 93.4 cm³/mol. The molecule has 0 aliphatic heterocycles. The maximum Gasteiger partial charge on any atom is 0.257 e. The Morgan fingerprint density at radius 2 is 2.25 bits per heavy atom. The van der Waals surface area contributed by atoms with Crippen molar-refractivity contribution in [3.8, 4) is 0 Å². The van der Waals surface area contributed by atoms with Crippen molar-refractivity contribution in [1.29, 1.82) is 0 Å². The van der Waals surface area contributed by atoms with Crippen LogP contribution >= 0.6 is 11.6 Å². The summed E-state index contributed by atoms with van der Waals surface area (Å²) in [5.41, 5.74) is 1.37. The number of H-pyrrole nitrogens is 1. The minimum Gasteiger partial charge on any atom is -0.347 e. The number of carbonyl (C=O) groups is 1. The first-order valence-corrected chi connectivity index (χ1v) is 8.01. The highest BCUT2D eigenvalue weighted by Crippen LogP contribution is 2.18. The highest BCUT2D eigenvalue weighted by molar-refractivity contribution is 6.31. The lowest BCUT2D eigenvalue weighted by Crippen LogP contribution is -2.31. The van der Waals surface area contributed by atoms with Crippen LogP contribution in [0.3, 0.4) is 0 Å². The average molecular weight is 345 g/mol. The molecular weight excluding hydrogens is 328 g/mol. The van der Waals surface area contributed by atoms with E-state index in [4.69, 9.17) is 11.6 Å². The molecule has 3 aromatic rings. The quantitative estimate of drug-likeness (QED) is 0.763. The maximum atomic E-state index is 12.7. The molecule has 3 rings (SSSR count). The maximum absolute atomic E-state index is 12.7. The molecule has 124 valence electrons. The summed E-state index contributed by atoms with van der Waals surface area (Å²) in [6.45, 7) is 4.42. The lowest BCUT2D eigenvalue weighted by atomic mass is 10.1. The van der Waals surface area contributed by atoms with Gasteiger partial charge in [0.05, 0.1) is 17.8 Å². The van der Waals surface area contributed by atoms with Gasteiger partial charge in [-0.1, -0.05) is 11.6 Å². The number of nitrogens with zero attached hydrogens (tertiary/aromatic N) is 2. The molecule has 6 nitrogen and oxygen atoms in total. The van der Waals surface area contributed by atoms with Gasteiger partial charge in [0.15, 0.2) is 0 Å². The molecule has 24 heavy (non-hydrogen) atoms. The van der Waals surface area contributed by atoms with Gasteiger partial charge in [0, 0.05) is 34.9 Å². The number of aryl methyl sites for hydroxylation is 1. The van der Waals surface area contributed by atoms with Crippen LogP contribution in [0.5, 0.6) is 0 Å². The third kappa shape index (κ3) is 2.92. The summed E-state index contributed by atoms with van der Waals surface area (Å²) in [5.74, 6) is -0.419. The summed E-state index contributed by atoms with van der Waals surface area (Å²) < 4.78 is 1.87. The van der Waals surface area contributed by atoms with Crippen LogP contribution in [0, 0.1) is 0 Å². The van der Waals surface area contributed by atoms with Crippen molar-refractivity contribution in [3.05, 3.63) is 63.2 Å². The van der Waals surface area contributed by atoms with Gasteiger partial charge in [0.2, 0.25) is 5.43 Å². The molecule has 1 unspecified atom stereocenters. The highest BCUT2D eigenvalue weighted by atomic mass is 35.5. The molecule has 1 aromatic carbocycles. The number of aromatic nitrogens is 3. The smallest absolute Gasteiger partial charge is 0.257 e. The minimum atomic E-state index is -0.419. The van der Waals surface area contributed by atoms with E-state index >= 15 is 0 Å². The van der Waals surface area contributed by atoms with E-state index in [1.165, 1.54) is 0 Å². The number of hydrogen-bond acceptors (Lipinski definition) is 3. The molecular formula is C17H17ClN4O2. The molecule has 2 heterocycles. The van der Waals surface area contributed by atoms with Gasteiger partial charge in [-0.25, -0.2) is 0 Å². The molecule has 1 atom stereocenters. The lowest BCUT2D eigenvalue weighted by molar-refractivity contribution is 0.0938. The third-order valence-electron chi connectivity index (χ3n) is 3.99. The summed E-state index contributed by atoms with van der Waals surface area (Å²) in [7, 11) is 0. The Bertz CT molecular complexity index is 947. The summed E-state index contributed by atoms with van der Waals surface area (Å²) in [6.07, 6.45) is 4.93. The van der Waals surface area contributed by atoms with Crippen LogP contribution in [0.2, 0.25) is 5.02 Å². The Morgan fingerprint density at radius 3 is 2.92 bits per heavy atom. The fourth-order valence-electron chi connectivity index (χ4n) is 2.65. The number of rotatable bonds is 4. The van der Waals surface area contributed by atoms with Gasteiger partial charge >= 0.3 is 0 Å². The van der Waals surface area contributed by atoms with Crippen molar-refractivity contribution in [2.24, 2.45) is 0 Å². The Kier molecular flexibility index (Phi) is 4.40. The Hall–Kier alpha value is -2.60. The first kappa shape index (κ1) is 16.3. The Morgan fingerprint density at radius 1 is 1.46 bits per heavy atom. The molecule has 1 amide bonds. The van der Waals surface area contributed by atoms with E-state index in [1.54, 1.807) is 36.8 Å². The molecule has 2 N–H and O–H groups in total. The molecule has 0 saturated carbocycles. The second kappa shape index (κ2) is 6.49. The van der Waals surface area contributed by atoms with Gasteiger partial charge in [-0.05, 0) is 32.0 Å². The van der Waals surface area contributed by atoms with E-state index in [0.717, 1.165) is 11.1 Å². The van der Waals surface area contributed by atoms with Gasteiger partial charge in [0.25, 0.3) is 5.91 Å². The van der Waals surface area contributed by atoms with Crippen molar-refractivity contribution in [2.75, 3.05) is 0 Å². The van der Waals surface area contributed by atoms with Crippen molar-refractivity contribution in [1.82, 2.24) is 20.1 Å². The van der Waals surface area contributed by atoms with E-state index in [-0.39, 0.29) is 17.0 Å². The van der Waals surface area contributed by atoms with E-state index in [0.29, 0.717) is 17.0 Å². The number of benzene rings is 1. The summed E-state index contributed by atoms with van der Waals surface area (Å²) in [5, 5.41) is 10.3. The number of halogens is 1. The lowest BCUT2D eigenvalue weighted by Gasteiger charge is -2.14. The molecule has 2 aromatic heterocycles. The van der Waals surface area contributed by atoms with Crippen LogP contribution in [0.15, 0.2) is 41.6 Å².